The van der Waals surface area contributed by atoms with Crippen LogP contribution in [0.3, 0.4) is 0 Å². The lowest BCUT2D eigenvalue weighted by molar-refractivity contribution is -0.136. The van der Waals surface area contributed by atoms with Gasteiger partial charge in [0, 0.05) is 22.3 Å². The number of hydrogen-bond donors (Lipinski definition) is 1. The van der Waals surface area contributed by atoms with Gasteiger partial charge in [0.25, 0.3) is 0 Å². The maximum Gasteiger partial charge on any atom is 0.247 e. The Bertz CT molecular complexity index is 1040. The fourth-order valence-electron chi connectivity index (χ4n) is 3.51. The fourth-order valence-corrected chi connectivity index (χ4v) is 4.04. The van der Waals surface area contributed by atoms with E-state index in [1.54, 1.807) is 23.1 Å². The van der Waals surface area contributed by atoms with Gasteiger partial charge in [-0.25, -0.2) is 4.68 Å². The first-order chi connectivity index (χ1) is 14.5. The Morgan fingerprint density at radius 3 is 2.50 bits per heavy atom. The number of likely N-dealkylation sites (tertiary alicyclic amines) is 1. The molecule has 0 spiro atoms. The van der Waals surface area contributed by atoms with Crippen LogP contribution in [0, 0.1) is 0 Å². The lowest BCUT2D eigenvalue weighted by Crippen LogP contribution is -2.43. The van der Waals surface area contributed by atoms with Crippen molar-refractivity contribution in [3.8, 4) is 5.69 Å². The molecule has 2 amide bonds. The molecule has 1 aromatic heterocycles. The van der Waals surface area contributed by atoms with E-state index in [1.165, 1.54) is 11.0 Å². The molecule has 4 rings (SSSR count). The lowest BCUT2D eigenvalue weighted by atomic mass is 10.1. The SMILES string of the molecule is O=C(Nc1cc(Cl)cc(Cl)c1)C1CCCN1C(=O)Cc1ccc(-n2cnnn2)cc1. The molecule has 2 aromatic carbocycles. The highest BCUT2D eigenvalue weighted by Crippen LogP contribution is 2.25. The van der Waals surface area contributed by atoms with Gasteiger partial charge in [0.05, 0.1) is 12.1 Å². The van der Waals surface area contributed by atoms with Crippen molar-refractivity contribution in [3.63, 3.8) is 0 Å². The number of nitrogens with zero attached hydrogens (tertiary/aromatic N) is 5. The smallest absolute Gasteiger partial charge is 0.247 e. The van der Waals surface area contributed by atoms with Gasteiger partial charge in [-0.15, -0.1) is 5.10 Å². The summed E-state index contributed by atoms with van der Waals surface area (Å²) >= 11 is 12.0. The molecular formula is C20H18Cl2N6O2. The molecule has 1 unspecified atom stereocenters. The molecule has 1 saturated heterocycles. The van der Waals surface area contributed by atoms with Crippen molar-refractivity contribution >= 4 is 40.7 Å². The minimum atomic E-state index is -0.518. The van der Waals surface area contributed by atoms with Gasteiger partial charge in [-0.05, 0) is 59.2 Å². The van der Waals surface area contributed by atoms with Crippen molar-refractivity contribution in [1.82, 2.24) is 25.1 Å². The van der Waals surface area contributed by atoms with E-state index in [9.17, 15) is 9.59 Å². The zero-order valence-electron chi connectivity index (χ0n) is 15.8. The largest absolute Gasteiger partial charge is 0.330 e. The number of anilines is 1. The van der Waals surface area contributed by atoms with Gasteiger partial charge in [-0.1, -0.05) is 35.3 Å². The minimum absolute atomic E-state index is 0.0908. The van der Waals surface area contributed by atoms with E-state index in [4.69, 9.17) is 23.2 Å². The Labute approximate surface area is 182 Å². The number of amides is 2. The van der Waals surface area contributed by atoms with E-state index in [0.29, 0.717) is 28.7 Å². The number of tetrazole rings is 1. The van der Waals surface area contributed by atoms with E-state index in [1.807, 2.05) is 24.3 Å². The van der Waals surface area contributed by atoms with Gasteiger partial charge in [0.15, 0.2) is 0 Å². The second-order valence-electron chi connectivity index (χ2n) is 6.99. The Morgan fingerprint density at radius 2 is 1.83 bits per heavy atom. The second-order valence-corrected chi connectivity index (χ2v) is 7.86. The van der Waals surface area contributed by atoms with Crippen LogP contribution >= 0.6 is 23.2 Å². The van der Waals surface area contributed by atoms with E-state index in [2.05, 4.69) is 20.8 Å². The van der Waals surface area contributed by atoms with Crippen LogP contribution in [0.1, 0.15) is 18.4 Å². The van der Waals surface area contributed by atoms with Crippen LogP contribution in [0.25, 0.3) is 5.69 Å². The van der Waals surface area contributed by atoms with Crippen LogP contribution in [-0.4, -0.2) is 49.5 Å². The predicted octanol–water partition coefficient (Wildman–Crippen LogP) is 3.14. The summed E-state index contributed by atoms with van der Waals surface area (Å²) in [5, 5.41) is 14.7. The van der Waals surface area contributed by atoms with Gasteiger partial charge in [0.2, 0.25) is 11.8 Å². The van der Waals surface area contributed by atoms with Crippen LogP contribution < -0.4 is 5.32 Å². The van der Waals surface area contributed by atoms with Crippen molar-refractivity contribution in [2.75, 3.05) is 11.9 Å². The van der Waals surface area contributed by atoms with Gasteiger partial charge < -0.3 is 10.2 Å². The fraction of sp³-hybridized carbons (Fsp3) is 0.250. The van der Waals surface area contributed by atoms with Crippen LogP contribution in [0.5, 0.6) is 0 Å². The number of nitrogens with one attached hydrogen (secondary N) is 1. The van der Waals surface area contributed by atoms with Crippen molar-refractivity contribution in [2.45, 2.75) is 25.3 Å². The van der Waals surface area contributed by atoms with Crippen LogP contribution in [0.4, 0.5) is 5.69 Å². The van der Waals surface area contributed by atoms with Crippen molar-refractivity contribution in [1.29, 1.82) is 0 Å². The third kappa shape index (κ3) is 4.60. The molecule has 8 nitrogen and oxygen atoms in total. The molecule has 1 aliphatic heterocycles. The molecule has 1 aliphatic rings. The topological polar surface area (TPSA) is 93.0 Å². The first-order valence-electron chi connectivity index (χ1n) is 9.38. The van der Waals surface area contributed by atoms with Crippen molar-refractivity contribution in [2.24, 2.45) is 0 Å². The molecule has 2 heterocycles. The van der Waals surface area contributed by atoms with Crippen LogP contribution in [0.2, 0.25) is 10.0 Å². The Kier molecular flexibility index (Phi) is 5.96. The summed E-state index contributed by atoms with van der Waals surface area (Å²) in [4.78, 5) is 27.3. The highest BCUT2D eigenvalue weighted by molar-refractivity contribution is 6.35. The quantitative estimate of drug-likeness (QED) is 0.652. The van der Waals surface area contributed by atoms with Crippen molar-refractivity contribution < 1.29 is 9.59 Å². The van der Waals surface area contributed by atoms with E-state index >= 15 is 0 Å². The predicted molar refractivity (Wildman–Crippen MR) is 113 cm³/mol. The number of aromatic nitrogens is 4. The molecule has 0 saturated carbocycles. The van der Waals surface area contributed by atoms with Gasteiger partial charge in [-0.2, -0.15) is 0 Å². The Hall–Kier alpha value is -2.97. The highest BCUT2D eigenvalue weighted by Gasteiger charge is 2.34. The summed E-state index contributed by atoms with van der Waals surface area (Å²) in [6, 6.07) is 11.7. The summed E-state index contributed by atoms with van der Waals surface area (Å²) in [5.74, 6) is -0.333. The number of hydrogen-bond acceptors (Lipinski definition) is 5. The molecule has 3 aromatic rings. The minimum Gasteiger partial charge on any atom is -0.330 e. The number of carbonyl (C=O) groups is 2. The number of carbonyl (C=O) groups excluding carboxylic acids is 2. The summed E-state index contributed by atoms with van der Waals surface area (Å²) in [5.41, 5.74) is 2.16. The van der Waals surface area contributed by atoms with E-state index in [-0.39, 0.29) is 18.2 Å². The molecular weight excluding hydrogens is 427 g/mol. The van der Waals surface area contributed by atoms with E-state index in [0.717, 1.165) is 17.7 Å². The van der Waals surface area contributed by atoms with Crippen LogP contribution in [-0.2, 0) is 16.0 Å². The number of rotatable bonds is 5. The molecule has 154 valence electrons. The monoisotopic (exact) mass is 444 g/mol. The maximum absolute atomic E-state index is 12.9. The highest BCUT2D eigenvalue weighted by atomic mass is 35.5. The summed E-state index contributed by atoms with van der Waals surface area (Å²) in [6.45, 7) is 0.552. The average Bonchev–Trinajstić information content (AvgIpc) is 3.40. The van der Waals surface area contributed by atoms with Crippen molar-refractivity contribution in [3.05, 3.63) is 64.4 Å². The molecule has 1 N–H and O–H groups in total. The summed E-state index contributed by atoms with van der Waals surface area (Å²) < 4.78 is 1.54. The standard InChI is InChI=1S/C20H18Cl2N6O2/c21-14-9-15(22)11-16(10-14)24-20(30)18-2-1-7-27(18)19(29)8-13-3-5-17(6-4-13)28-12-23-25-26-28/h3-6,9-12,18H,1-2,7-8H2,(H,24,30). The third-order valence-corrected chi connectivity index (χ3v) is 5.35. The lowest BCUT2D eigenvalue weighted by Gasteiger charge is -2.24. The molecule has 10 heteroatoms. The zero-order valence-corrected chi connectivity index (χ0v) is 17.3. The molecule has 0 aliphatic carbocycles. The van der Waals surface area contributed by atoms with Gasteiger partial charge >= 0.3 is 0 Å². The first kappa shape index (κ1) is 20.3. The second kappa shape index (κ2) is 8.81. The molecule has 0 radical (unpaired) electrons. The Morgan fingerprint density at radius 1 is 1.10 bits per heavy atom. The third-order valence-electron chi connectivity index (χ3n) is 4.91. The summed E-state index contributed by atoms with van der Waals surface area (Å²) in [6.07, 6.45) is 3.10. The molecule has 30 heavy (non-hydrogen) atoms. The average molecular weight is 445 g/mol. The van der Waals surface area contributed by atoms with Gasteiger partial charge in [-0.3, -0.25) is 9.59 Å². The molecule has 1 atom stereocenters. The van der Waals surface area contributed by atoms with Crippen LogP contribution in [0.15, 0.2) is 48.8 Å². The summed E-state index contributed by atoms with van der Waals surface area (Å²) in [7, 11) is 0. The zero-order chi connectivity index (χ0) is 21.1. The normalized spacial score (nSPS) is 15.9. The number of benzene rings is 2. The molecule has 0 bridgehead atoms. The first-order valence-corrected chi connectivity index (χ1v) is 10.1. The Balaban J connectivity index is 1.41. The molecule has 1 fully saturated rings. The van der Waals surface area contributed by atoms with Gasteiger partial charge in [0.1, 0.15) is 12.4 Å². The number of halogens is 2. The maximum atomic E-state index is 12.9. The van der Waals surface area contributed by atoms with E-state index < -0.39 is 6.04 Å².